The van der Waals surface area contributed by atoms with E-state index in [4.69, 9.17) is 0 Å². The van der Waals surface area contributed by atoms with Gasteiger partial charge in [-0.3, -0.25) is 18.8 Å². The van der Waals surface area contributed by atoms with Crippen LogP contribution < -0.4 is 14.5 Å². The highest BCUT2D eigenvalue weighted by atomic mass is 32.2. The quantitative estimate of drug-likeness (QED) is 0.701. The van der Waals surface area contributed by atoms with Crippen molar-refractivity contribution in [3.63, 3.8) is 0 Å². The van der Waals surface area contributed by atoms with E-state index in [2.05, 4.69) is 5.32 Å². The minimum absolute atomic E-state index is 0.0834. The molecule has 2 amide bonds. The van der Waals surface area contributed by atoms with Crippen molar-refractivity contribution >= 4 is 38.9 Å². The minimum atomic E-state index is -3.71. The van der Waals surface area contributed by atoms with E-state index in [1.807, 2.05) is 0 Å². The number of nitrogens with zero attached hydrogens (tertiary/aromatic N) is 2. The van der Waals surface area contributed by atoms with Crippen molar-refractivity contribution in [2.24, 2.45) is 0 Å². The number of carbonyl (C=O) groups is 2. The molecule has 4 rings (SSSR count). The maximum atomic E-state index is 13.0. The topological polar surface area (TPSA) is 86.8 Å². The lowest BCUT2D eigenvalue weighted by Gasteiger charge is -2.29. The normalized spacial score (nSPS) is 13.4. The maximum absolute atomic E-state index is 13.0. The number of hydrogen-bond acceptors (Lipinski definition) is 4. The van der Waals surface area contributed by atoms with Crippen LogP contribution in [0.3, 0.4) is 0 Å². The molecule has 0 spiro atoms. The lowest BCUT2D eigenvalue weighted by molar-refractivity contribution is -0.115. The second-order valence-electron chi connectivity index (χ2n) is 6.79. The molecule has 0 unspecified atom stereocenters. The second kappa shape index (κ2) is 7.64. The van der Waals surface area contributed by atoms with Gasteiger partial charge >= 0.3 is 0 Å². The van der Waals surface area contributed by atoms with E-state index in [1.54, 1.807) is 66.7 Å². The molecule has 1 aliphatic rings. The number of benzene rings is 3. The van der Waals surface area contributed by atoms with Crippen molar-refractivity contribution in [3.8, 4) is 0 Å². The summed E-state index contributed by atoms with van der Waals surface area (Å²) < 4.78 is 26.7. The Hall–Kier alpha value is -3.65. The standard InChI is InChI=1S/C22H19N3O4S/c1-24(30(28,29)18-7-3-2-4-8-18)17-13-11-16(12-14-17)22(27)25-15-21(26)23-19-9-5-6-10-20(19)25/h2-14H,15H2,1H3,(H,23,26). The van der Waals surface area contributed by atoms with E-state index < -0.39 is 10.0 Å². The molecule has 0 aliphatic carbocycles. The van der Waals surface area contributed by atoms with Gasteiger partial charge in [0.1, 0.15) is 6.54 Å². The smallest absolute Gasteiger partial charge is 0.264 e. The predicted octanol–water partition coefficient (Wildman–Crippen LogP) is 3.11. The molecule has 0 aromatic heterocycles. The van der Waals surface area contributed by atoms with Crippen LogP contribution in [-0.4, -0.2) is 33.8 Å². The average molecular weight is 421 g/mol. The zero-order chi connectivity index (χ0) is 21.3. The van der Waals surface area contributed by atoms with Gasteiger partial charge in [-0.2, -0.15) is 0 Å². The van der Waals surface area contributed by atoms with Crippen LogP contribution in [0.1, 0.15) is 10.4 Å². The van der Waals surface area contributed by atoms with Gasteiger partial charge in [0.25, 0.3) is 15.9 Å². The molecule has 0 saturated heterocycles. The molecule has 1 N–H and O–H groups in total. The highest BCUT2D eigenvalue weighted by Crippen LogP contribution is 2.30. The highest BCUT2D eigenvalue weighted by Gasteiger charge is 2.28. The molecule has 0 fully saturated rings. The summed E-state index contributed by atoms with van der Waals surface area (Å²) in [7, 11) is -2.25. The Labute approximate surface area is 174 Å². The molecule has 0 saturated carbocycles. The lowest BCUT2D eigenvalue weighted by atomic mass is 10.1. The van der Waals surface area contributed by atoms with E-state index in [-0.39, 0.29) is 23.3 Å². The van der Waals surface area contributed by atoms with E-state index >= 15 is 0 Å². The highest BCUT2D eigenvalue weighted by molar-refractivity contribution is 7.92. The van der Waals surface area contributed by atoms with E-state index in [1.165, 1.54) is 28.4 Å². The van der Waals surface area contributed by atoms with Gasteiger partial charge in [0.15, 0.2) is 0 Å². The van der Waals surface area contributed by atoms with Crippen LogP contribution in [-0.2, 0) is 14.8 Å². The van der Waals surface area contributed by atoms with Crippen LogP contribution in [0.25, 0.3) is 0 Å². The molecule has 1 heterocycles. The Morgan fingerprint density at radius 1 is 0.933 bits per heavy atom. The predicted molar refractivity (Wildman–Crippen MR) is 115 cm³/mol. The van der Waals surface area contributed by atoms with E-state index in [0.717, 1.165) is 0 Å². The zero-order valence-electron chi connectivity index (χ0n) is 16.1. The van der Waals surface area contributed by atoms with Gasteiger partial charge in [-0.15, -0.1) is 0 Å². The third kappa shape index (κ3) is 3.53. The largest absolute Gasteiger partial charge is 0.323 e. The molecule has 3 aromatic rings. The molecule has 0 atom stereocenters. The van der Waals surface area contributed by atoms with E-state index in [0.29, 0.717) is 22.6 Å². The SMILES string of the molecule is CN(c1ccc(C(=O)N2CC(=O)Nc3ccccc32)cc1)S(=O)(=O)c1ccccc1. The molecule has 0 bridgehead atoms. The van der Waals surface area contributed by atoms with Crippen molar-refractivity contribution in [1.29, 1.82) is 0 Å². The van der Waals surface area contributed by atoms with Crippen LogP contribution in [0.5, 0.6) is 0 Å². The summed E-state index contributed by atoms with van der Waals surface area (Å²) in [5, 5.41) is 2.75. The number of hydrogen-bond donors (Lipinski definition) is 1. The fourth-order valence-corrected chi connectivity index (χ4v) is 4.49. The Morgan fingerprint density at radius 2 is 1.57 bits per heavy atom. The number of nitrogens with one attached hydrogen (secondary N) is 1. The molecule has 0 radical (unpaired) electrons. The summed E-state index contributed by atoms with van der Waals surface area (Å²) in [5.41, 5.74) is 1.98. The Morgan fingerprint density at radius 3 is 2.27 bits per heavy atom. The summed E-state index contributed by atoms with van der Waals surface area (Å²) in [4.78, 5) is 26.6. The van der Waals surface area contributed by atoms with Crippen LogP contribution in [0.2, 0.25) is 0 Å². The van der Waals surface area contributed by atoms with Crippen molar-refractivity contribution in [2.75, 3.05) is 28.1 Å². The van der Waals surface area contributed by atoms with Crippen molar-refractivity contribution in [3.05, 3.63) is 84.4 Å². The fraction of sp³-hybridized carbons (Fsp3) is 0.0909. The molecule has 1 aliphatic heterocycles. The van der Waals surface area contributed by atoms with Gasteiger partial charge in [-0.05, 0) is 48.5 Å². The lowest BCUT2D eigenvalue weighted by Crippen LogP contribution is -2.42. The number of para-hydroxylation sites is 2. The first-order chi connectivity index (χ1) is 14.4. The number of fused-ring (bicyclic) bond motifs is 1. The fourth-order valence-electron chi connectivity index (χ4n) is 3.27. The maximum Gasteiger partial charge on any atom is 0.264 e. The minimum Gasteiger partial charge on any atom is -0.323 e. The molecule has 8 heteroatoms. The third-order valence-corrected chi connectivity index (χ3v) is 6.70. The first kappa shape index (κ1) is 19.7. The van der Waals surface area contributed by atoms with Gasteiger partial charge in [-0.25, -0.2) is 8.42 Å². The first-order valence-electron chi connectivity index (χ1n) is 9.23. The van der Waals surface area contributed by atoms with E-state index in [9.17, 15) is 18.0 Å². The number of amides is 2. The molecule has 30 heavy (non-hydrogen) atoms. The molecule has 3 aromatic carbocycles. The van der Waals surface area contributed by atoms with Crippen LogP contribution >= 0.6 is 0 Å². The van der Waals surface area contributed by atoms with Crippen molar-refractivity contribution in [2.45, 2.75) is 4.90 Å². The Kier molecular flexibility index (Phi) is 5.01. The molecule has 7 nitrogen and oxygen atoms in total. The Balaban J connectivity index is 1.60. The summed E-state index contributed by atoms with van der Waals surface area (Å²) in [6.45, 7) is -0.0834. The van der Waals surface area contributed by atoms with Crippen LogP contribution in [0, 0.1) is 0 Å². The van der Waals surface area contributed by atoms with Crippen molar-refractivity contribution in [1.82, 2.24) is 0 Å². The average Bonchev–Trinajstić information content (AvgIpc) is 2.78. The van der Waals surface area contributed by atoms with Crippen LogP contribution in [0.4, 0.5) is 17.1 Å². The third-order valence-electron chi connectivity index (χ3n) is 4.90. The second-order valence-corrected chi connectivity index (χ2v) is 8.76. The zero-order valence-corrected chi connectivity index (χ0v) is 17.0. The van der Waals surface area contributed by atoms with Crippen molar-refractivity contribution < 1.29 is 18.0 Å². The number of carbonyl (C=O) groups excluding carboxylic acids is 2. The van der Waals surface area contributed by atoms with Crippen LogP contribution in [0.15, 0.2) is 83.8 Å². The molecular weight excluding hydrogens is 402 g/mol. The Bertz CT molecular complexity index is 1210. The van der Waals surface area contributed by atoms with Gasteiger partial charge < -0.3 is 5.32 Å². The van der Waals surface area contributed by atoms with Gasteiger partial charge in [-0.1, -0.05) is 30.3 Å². The van der Waals surface area contributed by atoms with Gasteiger partial charge in [0.05, 0.1) is 22.0 Å². The summed E-state index contributed by atoms with van der Waals surface area (Å²) >= 11 is 0. The number of anilines is 3. The number of sulfonamides is 1. The summed E-state index contributed by atoms with van der Waals surface area (Å²) in [6.07, 6.45) is 0. The van der Waals surface area contributed by atoms with Gasteiger partial charge in [0.2, 0.25) is 5.91 Å². The van der Waals surface area contributed by atoms with Gasteiger partial charge in [0, 0.05) is 12.6 Å². The number of rotatable bonds is 4. The monoisotopic (exact) mass is 421 g/mol. The summed E-state index contributed by atoms with van der Waals surface area (Å²) in [5.74, 6) is -0.607. The molecule has 152 valence electrons. The first-order valence-corrected chi connectivity index (χ1v) is 10.7. The summed E-state index contributed by atoms with van der Waals surface area (Å²) in [6, 6.07) is 21.5. The molecular formula is C22H19N3O4S.